The van der Waals surface area contributed by atoms with Gasteiger partial charge in [-0.15, -0.1) is 0 Å². The van der Waals surface area contributed by atoms with E-state index in [0.29, 0.717) is 36.2 Å². The van der Waals surface area contributed by atoms with Gasteiger partial charge in [-0.05, 0) is 0 Å². The zero-order chi connectivity index (χ0) is 13.8. The Labute approximate surface area is 122 Å². The molecule has 5 nitrogen and oxygen atoms in total. The molecule has 1 fully saturated rings. The first-order valence-corrected chi connectivity index (χ1v) is 6.67. The second-order valence-electron chi connectivity index (χ2n) is 4.36. The molecule has 0 bridgehead atoms. The smallest absolute Gasteiger partial charge is 0.209 e. The fourth-order valence-electron chi connectivity index (χ4n) is 2.15. The molecule has 7 heteroatoms. The second kappa shape index (κ2) is 6.41. The van der Waals surface area contributed by atoms with E-state index in [0.717, 1.165) is 12.1 Å². The lowest BCUT2D eigenvalue weighted by Gasteiger charge is -2.26. The zero-order valence-electron chi connectivity index (χ0n) is 10.6. The molecule has 0 aliphatic carbocycles. The number of nitrogens with zero attached hydrogens (tertiary/aromatic N) is 3. The van der Waals surface area contributed by atoms with Crippen LogP contribution in [0.3, 0.4) is 0 Å². The molecule has 104 valence electrons. The molecule has 1 amide bonds. The molecule has 0 spiro atoms. The third-order valence-corrected chi connectivity index (χ3v) is 3.70. The third kappa shape index (κ3) is 3.29. The minimum Gasteiger partial charge on any atom is -0.378 e. The van der Waals surface area contributed by atoms with Crippen LogP contribution in [0, 0.1) is 0 Å². The number of ether oxygens (including phenoxy) is 1. The minimum absolute atomic E-state index is 0.0759. The van der Waals surface area contributed by atoms with E-state index in [1.165, 1.54) is 0 Å². The van der Waals surface area contributed by atoms with Gasteiger partial charge < -0.3 is 14.5 Å². The van der Waals surface area contributed by atoms with Crippen LogP contribution in [-0.2, 0) is 9.53 Å². The average molecular weight is 304 g/mol. The maximum absolute atomic E-state index is 10.9. The lowest BCUT2D eigenvalue weighted by atomic mass is 10.3. The molecule has 1 aliphatic rings. The molecule has 0 aromatic carbocycles. The molecular formula is C12H15Cl2N3O2. The first-order valence-electron chi connectivity index (χ1n) is 5.91. The van der Waals surface area contributed by atoms with Gasteiger partial charge in [0.15, 0.2) is 0 Å². The second-order valence-corrected chi connectivity index (χ2v) is 5.17. The number of hydrogen-bond acceptors (Lipinski definition) is 4. The highest BCUT2D eigenvalue weighted by atomic mass is 35.5. The van der Waals surface area contributed by atoms with Crippen LogP contribution in [0.15, 0.2) is 12.4 Å². The van der Waals surface area contributed by atoms with Gasteiger partial charge in [0, 0.05) is 45.7 Å². The predicted molar refractivity (Wildman–Crippen MR) is 74.9 cm³/mol. The molecule has 1 atom stereocenters. The van der Waals surface area contributed by atoms with E-state index in [2.05, 4.69) is 4.98 Å². The van der Waals surface area contributed by atoms with Crippen molar-refractivity contribution in [3.05, 3.63) is 22.4 Å². The summed E-state index contributed by atoms with van der Waals surface area (Å²) < 4.78 is 5.39. The van der Waals surface area contributed by atoms with Crippen LogP contribution in [0.2, 0.25) is 10.0 Å². The summed E-state index contributed by atoms with van der Waals surface area (Å²) in [6.07, 6.45) is 3.89. The SMILES string of the molecule is COC1CN(C=O)CCN(c2c(Cl)cncc2Cl)C1. The van der Waals surface area contributed by atoms with Crippen molar-refractivity contribution in [1.29, 1.82) is 0 Å². The summed E-state index contributed by atoms with van der Waals surface area (Å²) in [6, 6.07) is 0. The van der Waals surface area contributed by atoms with Crippen LogP contribution >= 0.6 is 23.2 Å². The lowest BCUT2D eigenvalue weighted by molar-refractivity contribution is -0.119. The third-order valence-electron chi connectivity index (χ3n) is 3.15. The van der Waals surface area contributed by atoms with Crippen molar-refractivity contribution in [2.24, 2.45) is 0 Å². The Bertz CT molecular complexity index is 438. The van der Waals surface area contributed by atoms with Crippen LogP contribution < -0.4 is 4.90 Å². The summed E-state index contributed by atoms with van der Waals surface area (Å²) in [4.78, 5) is 18.6. The van der Waals surface area contributed by atoms with Gasteiger partial charge in [-0.3, -0.25) is 9.78 Å². The molecule has 0 radical (unpaired) electrons. The lowest BCUT2D eigenvalue weighted by Crippen LogP contribution is -2.35. The van der Waals surface area contributed by atoms with Crippen molar-refractivity contribution < 1.29 is 9.53 Å². The summed E-state index contributed by atoms with van der Waals surface area (Å²) in [7, 11) is 1.63. The van der Waals surface area contributed by atoms with E-state index in [4.69, 9.17) is 27.9 Å². The van der Waals surface area contributed by atoms with Gasteiger partial charge in [0.2, 0.25) is 6.41 Å². The molecule has 1 aromatic heterocycles. The Hall–Kier alpha value is -1.04. The number of methoxy groups -OCH3 is 1. The van der Waals surface area contributed by atoms with Gasteiger partial charge in [0.25, 0.3) is 0 Å². The van der Waals surface area contributed by atoms with Crippen LogP contribution in [0.4, 0.5) is 5.69 Å². The molecule has 19 heavy (non-hydrogen) atoms. The number of anilines is 1. The Morgan fingerprint density at radius 3 is 2.58 bits per heavy atom. The van der Waals surface area contributed by atoms with Gasteiger partial charge in [-0.25, -0.2) is 0 Å². The normalized spacial score (nSPS) is 20.3. The molecular weight excluding hydrogens is 289 g/mol. The van der Waals surface area contributed by atoms with Gasteiger partial charge in [-0.2, -0.15) is 0 Å². The number of carbonyl (C=O) groups excluding carboxylic acids is 1. The topological polar surface area (TPSA) is 45.7 Å². The fraction of sp³-hybridized carbons (Fsp3) is 0.500. The average Bonchev–Trinajstić information content (AvgIpc) is 2.61. The standard InChI is InChI=1S/C12H15Cl2N3O2/c1-19-9-6-16(8-18)2-3-17(7-9)12-10(13)4-15-5-11(12)14/h4-5,8-9H,2-3,6-7H2,1H3. The largest absolute Gasteiger partial charge is 0.378 e. The molecule has 1 unspecified atom stereocenters. The summed E-state index contributed by atoms with van der Waals surface area (Å²) in [5.41, 5.74) is 0.744. The summed E-state index contributed by atoms with van der Waals surface area (Å²) in [5, 5.41) is 1.00. The van der Waals surface area contributed by atoms with Gasteiger partial charge >= 0.3 is 0 Å². The van der Waals surface area contributed by atoms with Gasteiger partial charge in [0.05, 0.1) is 21.8 Å². The molecule has 2 rings (SSSR count). The van der Waals surface area contributed by atoms with Crippen molar-refractivity contribution >= 4 is 35.3 Å². The summed E-state index contributed by atoms with van der Waals surface area (Å²) in [5.74, 6) is 0. The van der Waals surface area contributed by atoms with E-state index in [-0.39, 0.29) is 6.10 Å². The number of carbonyl (C=O) groups is 1. The number of amides is 1. The Morgan fingerprint density at radius 1 is 1.32 bits per heavy atom. The van der Waals surface area contributed by atoms with Gasteiger partial charge in [-0.1, -0.05) is 23.2 Å². The molecule has 0 saturated carbocycles. The van der Waals surface area contributed by atoms with Crippen LogP contribution in [0.1, 0.15) is 0 Å². The highest BCUT2D eigenvalue weighted by Crippen LogP contribution is 2.33. The van der Waals surface area contributed by atoms with Crippen molar-refractivity contribution in [3.8, 4) is 0 Å². The Kier molecular flexibility index (Phi) is 4.85. The molecule has 0 N–H and O–H groups in total. The fourth-order valence-corrected chi connectivity index (χ4v) is 2.76. The number of aromatic nitrogens is 1. The maximum Gasteiger partial charge on any atom is 0.209 e. The number of pyridine rings is 1. The summed E-state index contributed by atoms with van der Waals surface area (Å²) in [6.45, 7) is 2.46. The highest BCUT2D eigenvalue weighted by Gasteiger charge is 2.24. The van der Waals surface area contributed by atoms with E-state index in [9.17, 15) is 4.79 Å². The maximum atomic E-state index is 10.9. The molecule has 1 aliphatic heterocycles. The highest BCUT2D eigenvalue weighted by molar-refractivity contribution is 6.38. The van der Waals surface area contributed by atoms with Crippen molar-refractivity contribution in [1.82, 2.24) is 9.88 Å². The van der Waals surface area contributed by atoms with Crippen molar-refractivity contribution in [3.63, 3.8) is 0 Å². The Morgan fingerprint density at radius 2 is 2.00 bits per heavy atom. The monoisotopic (exact) mass is 303 g/mol. The quantitative estimate of drug-likeness (QED) is 0.797. The predicted octanol–water partition coefficient (Wildman–Crippen LogP) is 1.68. The van der Waals surface area contributed by atoms with E-state index in [1.807, 2.05) is 4.90 Å². The first-order chi connectivity index (χ1) is 9.15. The van der Waals surface area contributed by atoms with E-state index >= 15 is 0 Å². The van der Waals surface area contributed by atoms with Crippen molar-refractivity contribution in [2.75, 3.05) is 38.2 Å². The summed E-state index contributed by atoms with van der Waals surface area (Å²) >= 11 is 12.3. The van der Waals surface area contributed by atoms with Crippen molar-refractivity contribution in [2.45, 2.75) is 6.10 Å². The van der Waals surface area contributed by atoms with E-state index < -0.39 is 0 Å². The number of rotatable bonds is 3. The molecule has 1 saturated heterocycles. The van der Waals surface area contributed by atoms with E-state index in [1.54, 1.807) is 24.4 Å². The first kappa shape index (κ1) is 14.4. The molecule has 1 aromatic rings. The Balaban J connectivity index is 2.26. The minimum atomic E-state index is -0.0759. The number of hydrogen-bond donors (Lipinski definition) is 0. The molecule has 2 heterocycles. The van der Waals surface area contributed by atoms with Crippen LogP contribution in [-0.4, -0.2) is 55.7 Å². The van der Waals surface area contributed by atoms with Crippen LogP contribution in [0.25, 0.3) is 0 Å². The van der Waals surface area contributed by atoms with Gasteiger partial charge in [0.1, 0.15) is 0 Å². The zero-order valence-corrected chi connectivity index (χ0v) is 12.1. The number of halogens is 2. The van der Waals surface area contributed by atoms with Crippen LogP contribution in [0.5, 0.6) is 0 Å².